The fraction of sp³-hybridized carbons (Fsp3) is 0.273. The molecule has 0 spiro atoms. The molecule has 15 heavy (non-hydrogen) atoms. The maximum absolute atomic E-state index is 10.7. The van der Waals surface area contributed by atoms with Crippen molar-refractivity contribution in [3.8, 4) is 6.07 Å². The molecule has 0 saturated heterocycles. The minimum atomic E-state index is -0.861. The number of nitriles is 1. The van der Waals surface area contributed by atoms with E-state index in [4.69, 9.17) is 10.4 Å². The maximum Gasteiger partial charge on any atom is 0.307 e. The maximum atomic E-state index is 10.7. The average molecular weight is 268 g/mol. The Hall–Kier alpha value is -1.34. The zero-order chi connectivity index (χ0) is 11.3. The van der Waals surface area contributed by atoms with Gasteiger partial charge in [0.05, 0.1) is 12.5 Å². The molecule has 1 N–H and O–H groups in total. The quantitative estimate of drug-likeness (QED) is 0.912. The number of halogens is 1. The monoisotopic (exact) mass is 267 g/mol. The zero-order valence-electron chi connectivity index (χ0n) is 8.03. The molecule has 3 nitrogen and oxygen atoms in total. The molecule has 0 fully saturated rings. The smallest absolute Gasteiger partial charge is 0.307 e. The summed E-state index contributed by atoms with van der Waals surface area (Å²) in [7, 11) is 0. The van der Waals surface area contributed by atoms with E-state index >= 15 is 0 Å². The third kappa shape index (κ3) is 3.37. The van der Waals surface area contributed by atoms with Crippen LogP contribution in [0.15, 0.2) is 22.7 Å². The summed E-state index contributed by atoms with van der Waals surface area (Å²) in [6.07, 6.45) is 0.990. The van der Waals surface area contributed by atoms with Crippen LogP contribution >= 0.6 is 15.9 Å². The van der Waals surface area contributed by atoms with Crippen molar-refractivity contribution >= 4 is 21.9 Å². The molecule has 0 aliphatic carbocycles. The molecule has 1 aromatic carbocycles. The number of aryl methyl sites for hydroxylation is 1. The topological polar surface area (TPSA) is 61.1 Å². The van der Waals surface area contributed by atoms with Gasteiger partial charge in [0, 0.05) is 10.9 Å². The Labute approximate surface area is 96.5 Å². The highest BCUT2D eigenvalue weighted by atomic mass is 79.9. The van der Waals surface area contributed by atoms with Gasteiger partial charge < -0.3 is 5.11 Å². The summed E-state index contributed by atoms with van der Waals surface area (Å²) in [6, 6.07) is 7.58. The fourth-order valence-electron chi connectivity index (χ4n) is 1.38. The van der Waals surface area contributed by atoms with E-state index in [1.54, 1.807) is 0 Å². The number of carboxylic acid groups (broad SMARTS) is 1. The Kier molecular flexibility index (Phi) is 4.32. The van der Waals surface area contributed by atoms with E-state index < -0.39 is 5.97 Å². The van der Waals surface area contributed by atoms with Crippen LogP contribution in [0.1, 0.15) is 17.5 Å². The van der Waals surface area contributed by atoms with Crippen LogP contribution in [0.5, 0.6) is 0 Å². The Balaban J connectivity index is 2.98. The molecule has 0 radical (unpaired) electrons. The normalized spacial score (nSPS) is 9.60. The molecule has 4 heteroatoms. The van der Waals surface area contributed by atoms with Crippen LogP contribution in [0.25, 0.3) is 0 Å². The second kappa shape index (κ2) is 5.52. The lowest BCUT2D eigenvalue weighted by molar-refractivity contribution is -0.136. The van der Waals surface area contributed by atoms with E-state index in [-0.39, 0.29) is 6.42 Å². The number of carbonyl (C=O) groups is 1. The summed E-state index contributed by atoms with van der Waals surface area (Å²) in [5.41, 5.74) is 1.69. The van der Waals surface area contributed by atoms with Gasteiger partial charge in [-0.2, -0.15) is 5.26 Å². The first-order valence-corrected chi connectivity index (χ1v) is 5.29. The van der Waals surface area contributed by atoms with Gasteiger partial charge >= 0.3 is 5.97 Å². The number of hydrogen-bond acceptors (Lipinski definition) is 2. The Bertz CT molecular complexity index is 410. The van der Waals surface area contributed by atoms with Crippen molar-refractivity contribution in [3.63, 3.8) is 0 Å². The van der Waals surface area contributed by atoms with Crippen LogP contribution in [0, 0.1) is 11.3 Å². The number of rotatable bonds is 4. The summed E-state index contributed by atoms with van der Waals surface area (Å²) in [5.74, 6) is -0.861. The first-order valence-electron chi connectivity index (χ1n) is 4.50. The average Bonchev–Trinajstić information content (AvgIpc) is 2.18. The van der Waals surface area contributed by atoms with Gasteiger partial charge in [0.1, 0.15) is 0 Å². The molecule has 0 aliphatic heterocycles. The molecule has 0 unspecified atom stereocenters. The lowest BCUT2D eigenvalue weighted by Gasteiger charge is -2.08. The van der Waals surface area contributed by atoms with Crippen LogP contribution in [-0.4, -0.2) is 11.1 Å². The second-order valence-electron chi connectivity index (χ2n) is 3.11. The van der Waals surface area contributed by atoms with Gasteiger partial charge in [0.2, 0.25) is 0 Å². The number of benzene rings is 1. The van der Waals surface area contributed by atoms with Crippen LogP contribution in [-0.2, 0) is 17.6 Å². The van der Waals surface area contributed by atoms with E-state index in [0.29, 0.717) is 12.8 Å². The van der Waals surface area contributed by atoms with Crippen molar-refractivity contribution in [2.24, 2.45) is 0 Å². The molecule has 0 aliphatic rings. The molecular formula is C11H10BrNO2. The molecule has 0 saturated carbocycles. The standard InChI is InChI=1S/C11H10BrNO2/c12-10-5-1-3-8(4-2-6-13)9(10)7-11(14)15/h1,3,5H,2,4,7H2,(H,14,15). The molecule has 0 amide bonds. The molecule has 0 heterocycles. The van der Waals surface area contributed by atoms with Crippen molar-refractivity contribution in [2.45, 2.75) is 19.3 Å². The van der Waals surface area contributed by atoms with Crippen LogP contribution in [0.4, 0.5) is 0 Å². The third-order valence-corrected chi connectivity index (χ3v) is 2.79. The number of carboxylic acids is 1. The van der Waals surface area contributed by atoms with E-state index in [2.05, 4.69) is 22.0 Å². The van der Waals surface area contributed by atoms with Crippen molar-refractivity contribution < 1.29 is 9.90 Å². The van der Waals surface area contributed by atoms with Gasteiger partial charge in [-0.05, 0) is 23.6 Å². The highest BCUT2D eigenvalue weighted by Crippen LogP contribution is 2.22. The van der Waals surface area contributed by atoms with E-state index in [1.165, 1.54) is 0 Å². The molecule has 0 bridgehead atoms. The minimum absolute atomic E-state index is 0.0117. The molecule has 1 aromatic rings. The number of hydrogen-bond donors (Lipinski definition) is 1. The number of aliphatic carboxylic acids is 1. The van der Waals surface area contributed by atoms with Crippen molar-refractivity contribution in [2.75, 3.05) is 0 Å². The van der Waals surface area contributed by atoms with Crippen molar-refractivity contribution in [3.05, 3.63) is 33.8 Å². The Morgan fingerprint density at radius 2 is 2.27 bits per heavy atom. The van der Waals surface area contributed by atoms with Crippen molar-refractivity contribution in [1.82, 2.24) is 0 Å². The van der Waals surface area contributed by atoms with Gasteiger partial charge in [0.25, 0.3) is 0 Å². The van der Waals surface area contributed by atoms with Crippen LogP contribution in [0.3, 0.4) is 0 Å². The molecule has 0 aromatic heterocycles. The SMILES string of the molecule is N#CCCc1cccc(Br)c1CC(=O)O. The Morgan fingerprint density at radius 1 is 1.53 bits per heavy atom. The highest BCUT2D eigenvalue weighted by molar-refractivity contribution is 9.10. The van der Waals surface area contributed by atoms with Gasteiger partial charge in [-0.25, -0.2) is 0 Å². The minimum Gasteiger partial charge on any atom is -0.481 e. The van der Waals surface area contributed by atoms with E-state index in [9.17, 15) is 4.79 Å². The van der Waals surface area contributed by atoms with Crippen molar-refractivity contribution in [1.29, 1.82) is 5.26 Å². The Morgan fingerprint density at radius 3 is 2.87 bits per heavy atom. The van der Waals surface area contributed by atoms with Gasteiger partial charge in [-0.3, -0.25) is 4.79 Å². The predicted octanol–water partition coefficient (Wildman–Crippen LogP) is 2.53. The summed E-state index contributed by atoms with van der Waals surface area (Å²) in [5, 5.41) is 17.2. The number of nitrogens with zero attached hydrogens (tertiary/aromatic N) is 1. The summed E-state index contributed by atoms with van der Waals surface area (Å²) in [6.45, 7) is 0. The largest absolute Gasteiger partial charge is 0.481 e. The lowest BCUT2D eigenvalue weighted by Crippen LogP contribution is -2.04. The van der Waals surface area contributed by atoms with E-state index in [1.807, 2.05) is 18.2 Å². The van der Waals surface area contributed by atoms with Crippen LogP contribution < -0.4 is 0 Å². The predicted molar refractivity (Wildman–Crippen MR) is 59.4 cm³/mol. The van der Waals surface area contributed by atoms with Gasteiger partial charge in [-0.15, -0.1) is 0 Å². The van der Waals surface area contributed by atoms with Crippen LogP contribution in [0.2, 0.25) is 0 Å². The van der Waals surface area contributed by atoms with E-state index in [0.717, 1.165) is 15.6 Å². The molecule has 78 valence electrons. The third-order valence-electron chi connectivity index (χ3n) is 2.05. The first-order chi connectivity index (χ1) is 7.15. The van der Waals surface area contributed by atoms with Gasteiger partial charge in [-0.1, -0.05) is 28.1 Å². The summed E-state index contributed by atoms with van der Waals surface area (Å²) in [4.78, 5) is 10.7. The fourth-order valence-corrected chi connectivity index (χ4v) is 1.92. The summed E-state index contributed by atoms with van der Waals surface area (Å²) < 4.78 is 0.792. The highest BCUT2D eigenvalue weighted by Gasteiger charge is 2.09. The van der Waals surface area contributed by atoms with Gasteiger partial charge in [0.15, 0.2) is 0 Å². The summed E-state index contributed by atoms with van der Waals surface area (Å²) >= 11 is 3.32. The molecule has 1 rings (SSSR count). The zero-order valence-corrected chi connectivity index (χ0v) is 9.62. The first kappa shape index (κ1) is 11.7. The lowest BCUT2D eigenvalue weighted by atomic mass is 10.0. The molecular weight excluding hydrogens is 258 g/mol. The second-order valence-corrected chi connectivity index (χ2v) is 3.96. The molecule has 0 atom stereocenters.